The first-order valence-corrected chi connectivity index (χ1v) is 6.10. The van der Waals surface area contributed by atoms with E-state index in [1.54, 1.807) is 6.08 Å². The molecule has 2 N–H and O–H groups in total. The molecular weight excluding hydrogens is 204 g/mol. The molecule has 90 valence electrons. The lowest BCUT2D eigenvalue weighted by Gasteiger charge is -2.43. The van der Waals surface area contributed by atoms with Crippen molar-refractivity contribution >= 4 is 6.03 Å². The lowest BCUT2D eigenvalue weighted by molar-refractivity contribution is 0.0799. The van der Waals surface area contributed by atoms with Gasteiger partial charge in [0, 0.05) is 12.6 Å². The molecule has 2 fully saturated rings. The average Bonchev–Trinajstić information content (AvgIpc) is 2.29. The number of allylic oxidation sites excluding steroid dienone is 1. The Hall–Kier alpha value is -1.03. The Morgan fingerprint density at radius 2 is 2.38 bits per heavy atom. The van der Waals surface area contributed by atoms with Crippen molar-refractivity contribution in [2.75, 3.05) is 6.54 Å². The molecule has 0 saturated carbocycles. The van der Waals surface area contributed by atoms with Crippen molar-refractivity contribution in [1.82, 2.24) is 10.2 Å². The molecule has 0 aliphatic carbocycles. The van der Waals surface area contributed by atoms with Crippen LogP contribution in [0.1, 0.15) is 32.6 Å². The first-order valence-electron chi connectivity index (χ1n) is 6.10. The number of piperidine rings is 1. The summed E-state index contributed by atoms with van der Waals surface area (Å²) in [6.07, 6.45) is 7.24. The van der Waals surface area contributed by atoms with E-state index in [1.165, 1.54) is 6.42 Å². The normalized spacial score (nSPS) is 32.4. The minimum absolute atomic E-state index is 0.00972. The number of hydrogen-bond acceptors (Lipinski definition) is 2. The predicted molar refractivity (Wildman–Crippen MR) is 62.1 cm³/mol. The number of fused-ring (bicyclic) bond motifs is 1. The van der Waals surface area contributed by atoms with Gasteiger partial charge in [0.25, 0.3) is 0 Å². The molecule has 2 saturated heterocycles. The van der Waals surface area contributed by atoms with Gasteiger partial charge in [-0.05, 0) is 32.6 Å². The fraction of sp³-hybridized carbons (Fsp3) is 0.750. The van der Waals surface area contributed by atoms with Crippen molar-refractivity contribution in [1.29, 1.82) is 0 Å². The molecule has 2 rings (SSSR count). The van der Waals surface area contributed by atoms with Gasteiger partial charge in [0.1, 0.15) is 0 Å². The maximum absolute atomic E-state index is 11.8. The number of aliphatic hydroxyl groups excluding tert-OH is 1. The molecule has 0 radical (unpaired) electrons. The minimum atomic E-state index is -0.557. The lowest BCUT2D eigenvalue weighted by atomic mass is 9.91. The SMILES string of the molecule is C/C=C/[C@@H](O)[C@H]1C[C@H]2CCCCN2C(=O)N1. The smallest absolute Gasteiger partial charge is 0.317 e. The number of hydrogen-bond donors (Lipinski definition) is 2. The van der Waals surface area contributed by atoms with Crippen LogP contribution in [0.5, 0.6) is 0 Å². The van der Waals surface area contributed by atoms with Crippen molar-refractivity contribution in [3.05, 3.63) is 12.2 Å². The summed E-state index contributed by atoms with van der Waals surface area (Å²) in [6, 6.07) is 0.194. The Bertz CT molecular complexity index is 291. The minimum Gasteiger partial charge on any atom is -0.387 e. The van der Waals surface area contributed by atoms with Gasteiger partial charge >= 0.3 is 6.03 Å². The summed E-state index contributed by atoms with van der Waals surface area (Å²) in [5, 5.41) is 12.7. The number of rotatable bonds is 2. The highest BCUT2D eigenvalue weighted by atomic mass is 16.3. The van der Waals surface area contributed by atoms with Gasteiger partial charge in [-0.25, -0.2) is 4.79 Å². The fourth-order valence-electron chi connectivity index (χ4n) is 2.66. The van der Waals surface area contributed by atoms with Crippen LogP contribution in [-0.4, -0.2) is 40.8 Å². The lowest BCUT2D eigenvalue weighted by Crippen LogP contribution is -2.60. The number of carbonyl (C=O) groups excluding carboxylic acids is 1. The van der Waals surface area contributed by atoms with Gasteiger partial charge in [0.2, 0.25) is 0 Å². The summed E-state index contributed by atoms with van der Waals surface area (Å²) in [4.78, 5) is 13.7. The number of nitrogens with one attached hydrogen (secondary N) is 1. The maximum atomic E-state index is 11.8. The molecule has 2 aliphatic rings. The molecule has 16 heavy (non-hydrogen) atoms. The van der Waals surface area contributed by atoms with Crippen LogP contribution in [0, 0.1) is 0 Å². The van der Waals surface area contributed by atoms with Crippen LogP contribution < -0.4 is 5.32 Å². The number of urea groups is 1. The largest absolute Gasteiger partial charge is 0.387 e. The van der Waals surface area contributed by atoms with E-state index >= 15 is 0 Å². The second-order valence-electron chi connectivity index (χ2n) is 4.65. The molecular formula is C12H20N2O2. The molecule has 2 amide bonds. The quantitative estimate of drug-likeness (QED) is 0.694. The van der Waals surface area contributed by atoms with E-state index in [0.717, 1.165) is 25.8 Å². The summed E-state index contributed by atoms with van der Waals surface area (Å²) in [7, 11) is 0. The van der Waals surface area contributed by atoms with E-state index in [4.69, 9.17) is 0 Å². The summed E-state index contributed by atoms with van der Waals surface area (Å²) >= 11 is 0. The summed E-state index contributed by atoms with van der Waals surface area (Å²) in [6.45, 7) is 2.74. The average molecular weight is 224 g/mol. The number of carbonyl (C=O) groups is 1. The first-order chi connectivity index (χ1) is 7.72. The maximum Gasteiger partial charge on any atom is 0.317 e. The van der Waals surface area contributed by atoms with Gasteiger partial charge in [0.05, 0.1) is 12.1 Å². The van der Waals surface area contributed by atoms with E-state index < -0.39 is 6.10 Å². The molecule has 0 bridgehead atoms. The van der Waals surface area contributed by atoms with E-state index in [0.29, 0.717) is 6.04 Å². The second-order valence-corrected chi connectivity index (χ2v) is 4.65. The third-order valence-electron chi connectivity index (χ3n) is 3.52. The molecule has 0 aromatic heterocycles. The molecule has 4 heteroatoms. The van der Waals surface area contributed by atoms with Crippen LogP contribution in [0.25, 0.3) is 0 Å². The zero-order chi connectivity index (χ0) is 11.5. The predicted octanol–water partition coefficient (Wildman–Crippen LogP) is 1.26. The molecule has 2 aliphatic heterocycles. The Morgan fingerprint density at radius 3 is 3.12 bits per heavy atom. The molecule has 2 heterocycles. The topological polar surface area (TPSA) is 52.6 Å². The summed E-state index contributed by atoms with van der Waals surface area (Å²) < 4.78 is 0. The third-order valence-corrected chi connectivity index (χ3v) is 3.52. The molecule has 0 aromatic rings. The van der Waals surface area contributed by atoms with Gasteiger partial charge in [0.15, 0.2) is 0 Å². The van der Waals surface area contributed by atoms with E-state index in [1.807, 2.05) is 17.9 Å². The molecule has 0 aromatic carbocycles. The van der Waals surface area contributed by atoms with Crippen molar-refractivity contribution in [3.63, 3.8) is 0 Å². The van der Waals surface area contributed by atoms with E-state index in [9.17, 15) is 9.90 Å². The number of aliphatic hydroxyl groups is 1. The highest BCUT2D eigenvalue weighted by molar-refractivity contribution is 5.76. The van der Waals surface area contributed by atoms with Crippen LogP contribution >= 0.6 is 0 Å². The molecule has 0 unspecified atom stereocenters. The van der Waals surface area contributed by atoms with Gasteiger partial charge in [-0.15, -0.1) is 0 Å². The van der Waals surface area contributed by atoms with Crippen molar-refractivity contribution in [3.8, 4) is 0 Å². The zero-order valence-corrected chi connectivity index (χ0v) is 9.72. The number of nitrogens with zero attached hydrogens (tertiary/aromatic N) is 1. The Labute approximate surface area is 96.3 Å². The van der Waals surface area contributed by atoms with Crippen molar-refractivity contribution in [2.45, 2.75) is 50.8 Å². The van der Waals surface area contributed by atoms with Gasteiger partial charge in [-0.2, -0.15) is 0 Å². The van der Waals surface area contributed by atoms with E-state index in [-0.39, 0.29) is 12.1 Å². The number of amides is 2. The van der Waals surface area contributed by atoms with Crippen molar-refractivity contribution < 1.29 is 9.90 Å². The fourth-order valence-corrected chi connectivity index (χ4v) is 2.66. The Balaban J connectivity index is 2.02. The van der Waals surface area contributed by atoms with Gasteiger partial charge < -0.3 is 15.3 Å². The summed E-state index contributed by atoms with van der Waals surface area (Å²) in [5.41, 5.74) is 0. The van der Waals surface area contributed by atoms with Crippen LogP contribution in [-0.2, 0) is 0 Å². The first kappa shape index (κ1) is 11.5. The van der Waals surface area contributed by atoms with E-state index in [2.05, 4.69) is 5.32 Å². The summed E-state index contributed by atoms with van der Waals surface area (Å²) in [5.74, 6) is 0. The van der Waals surface area contributed by atoms with Crippen LogP contribution in [0.4, 0.5) is 4.79 Å². The van der Waals surface area contributed by atoms with Crippen molar-refractivity contribution in [2.24, 2.45) is 0 Å². The molecule has 3 atom stereocenters. The molecule has 0 spiro atoms. The van der Waals surface area contributed by atoms with Crippen LogP contribution in [0.3, 0.4) is 0 Å². The van der Waals surface area contributed by atoms with Gasteiger partial charge in [-0.3, -0.25) is 0 Å². The molecule has 4 nitrogen and oxygen atoms in total. The highest BCUT2D eigenvalue weighted by Gasteiger charge is 2.36. The highest BCUT2D eigenvalue weighted by Crippen LogP contribution is 2.25. The monoisotopic (exact) mass is 224 g/mol. The zero-order valence-electron chi connectivity index (χ0n) is 9.72. The second kappa shape index (κ2) is 4.87. The Kier molecular flexibility index (Phi) is 3.49. The van der Waals surface area contributed by atoms with Crippen LogP contribution in [0.15, 0.2) is 12.2 Å². The standard InChI is InChI=1S/C12H20N2O2/c1-2-5-11(15)10-8-9-6-3-4-7-14(9)12(16)13-10/h2,5,9-11,15H,3-4,6-8H2,1H3,(H,13,16)/b5-2+/t9-,10-,11-/m1/s1. The Morgan fingerprint density at radius 1 is 1.56 bits per heavy atom. The van der Waals surface area contributed by atoms with Crippen LogP contribution in [0.2, 0.25) is 0 Å². The third kappa shape index (κ3) is 2.21. The van der Waals surface area contributed by atoms with Gasteiger partial charge in [-0.1, -0.05) is 12.2 Å².